The van der Waals surface area contributed by atoms with Gasteiger partial charge in [0.1, 0.15) is 24.0 Å². The summed E-state index contributed by atoms with van der Waals surface area (Å²) in [6.45, 7) is -0.245. The molecule has 6 heteroatoms. The van der Waals surface area contributed by atoms with Gasteiger partial charge in [0.25, 0.3) is 0 Å². The van der Waals surface area contributed by atoms with E-state index in [2.05, 4.69) is 0 Å². The van der Waals surface area contributed by atoms with Crippen molar-refractivity contribution in [1.82, 2.24) is 0 Å². The lowest BCUT2D eigenvalue weighted by molar-refractivity contribution is 0.0471. The summed E-state index contributed by atoms with van der Waals surface area (Å²) in [6, 6.07) is 7.38. The molecule has 2 N–H and O–H groups in total. The van der Waals surface area contributed by atoms with Crippen molar-refractivity contribution in [2.24, 2.45) is 0 Å². The van der Waals surface area contributed by atoms with E-state index >= 15 is 0 Å². The highest BCUT2D eigenvalue weighted by molar-refractivity contribution is 5.91. The minimum absolute atomic E-state index is 0.198. The first-order valence-electron chi connectivity index (χ1n) is 6.04. The van der Waals surface area contributed by atoms with Gasteiger partial charge in [-0.1, -0.05) is 0 Å². The first-order chi connectivity index (χ1) is 9.97. The van der Waals surface area contributed by atoms with Crippen molar-refractivity contribution in [3.63, 3.8) is 0 Å². The van der Waals surface area contributed by atoms with Gasteiger partial charge in [0.05, 0.1) is 12.7 Å². The molecular weight excluding hydrogens is 280 g/mol. The minimum Gasteiger partial charge on any atom is -0.497 e. The van der Waals surface area contributed by atoms with Crippen molar-refractivity contribution >= 4 is 11.7 Å². The molecule has 0 saturated carbocycles. The highest BCUT2D eigenvalue weighted by Gasteiger charge is 2.11. The summed E-state index contributed by atoms with van der Waals surface area (Å²) in [5.41, 5.74) is 6.40. The van der Waals surface area contributed by atoms with Gasteiger partial charge in [0, 0.05) is 17.8 Å². The molecule has 0 heterocycles. The third-order valence-electron chi connectivity index (χ3n) is 2.69. The van der Waals surface area contributed by atoms with Crippen molar-refractivity contribution in [2.75, 3.05) is 12.8 Å². The number of carbonyl (C=O) groups excluding carboxylic acids is 1. The fraction of sp³-hybridized carbons (Fsp3) is 0.133. The van der Waals surface area contributed by atoms with Gasteiger partial charge in [-0.25, -0.2) is 13.6 Å². The number of hydrogen-bond donors (Lipinski definition) is 1. The maximum absolute atomic E-state index is 13.0. The summed E-state index contributed by atoms with van der Waals surface area (Å²) in [6.07, 6.45) is 0. The van der Waals surface area contributed by atoms with Gasteiger partial charge in [-0.05, 0) is 29.8 Å². The molecule has 0 aliphatic heterocycles. The molecule has 0 aliphatic carbocycles. The standard InChI is InChI=1S/C15H13F2NO3/c1-20-14-5-10(4-13(18)7-14)15(19)21-8-9-2-11(16)6-12(17)3-9/h2-7H,8,18H2,1H3. The van der Waals surface area contributed by atoms with E-state index in [4.69, 9.17) is 15.2 Å². The number of halogens is 2. The fourth-order valence-electron chi connectivity index (χ4n) is 1.78. The van der Waals surface area contributed by atoms with Crippen molar-refractivity contribution in [1.29, 1.82) is 0 Å². The molecule has 2 aromatic carbocycles. The number of nitrogens with two attached hydrogens (primary N) is 1. The van der Waals surface area contributed by atoms with Crippen LogP contribution in [-0.4, -0.2) is 13.1 Å². The Labute approximate surface area is 120 Å². The second kappa shape index (κ2) is 6.21. The third kappa shape index (κ3) is 3.92. The molecule has 2 rings (SSSR count). The Kier molecular flexibility index (Phi) is 4.37. The largest absolute Gasteiger partial charge is 0.497 e. The van der Waals surface area contributed by atoms with Crippen LogP contribution < -0.4 is 10.5 Å². The molecule has 0 atom stereocenters. The van der Waals surface area contributed by atoms with Crippen LogP contribution in [0.25, 0.3) is 0 Å². The van der Waals surface area contributed by atoms with Crippen LogP contribution in [0.5, 0.6) is 5.75 Å². The molecule has 0 amide bonds. The van der Waals surface area contributed by atoms with Gasteiger partial charge >= 0.3 is 5.97 Å². The van der Waals surface area contributed by atoms with Crippen LogP contribution in [0, 0.1) is 11.6 Å². The number of methoxy groups -OCH3 is 1. The summed E-state index contributed by atoms with van der Waals surface area (Å²) in [5.74, 6) is -1.71. The van der Waals surface area contributed by atoms with Crippen LogP contribution in [-0.2, 0) is 11.3 Å². The van der Waals surface area contributed by atoms with Crippen LogP contribution in [0.3, 0.4) is 0 Å². The predicted molar refractivity (Wildman–Crippen MR) is 72.9 cm³/mol. The quantitative estimate of drug-likeness (QED) is 0.695. The molecule has 0 bridgehead atoms. The Hall–Kier alpha value is -2.63. The molecule has 21 heavy (non-hydrogen) atoms. The molecule has 0 radical (unpaired) electrons. The third-order valence-corrected chi connectivity index (χ3v) is 2.69. The first kappa shape index (κ1) is 14.8. The molecule has 0 unspecified atom stereocenters. The summed E-state index contributed by atoms with van der Waals surface area (Å²) in [4.78, 5) is 11.9. The van der Waals surface area contributed by atoms with E-state index < -0.39 is 17.6 Å². The number of hydrogen-bond acceptors (Lipinski definition) is 4. The van der Waals surface area contributed by atoms with Crippen molar-refractivity contribution in [3.05, 3.63) is 59.2 Å². The number of rotatable bonds is 4. The zero-order valence-corrected chi connectivity index (χ0v) is 11.2. The Morgan fingerprint density at radius 3 is 2.38 bits per heavy atom. The molecule has 110 valence electrons. The van der Waals surface area contributed by atoms with E-state index in [-0.39, 0.29) is 17.7 Å². The Morgan fingerprint density at radius 1 is 1.10 bits per heavy atom. The van der Waals surface area contributed by atoms with E-state index in [0.29, 0.717) is 11.4 Å². The number of carbonyl (C=O) groups is 1. The zero-order chi connectivity index (χ0) is 15.4. The van der Waals surface area contributed by atoms with Crippen LogP contribution in [0.2, 0.25) is 0 Å². The van der Waals surface area contributed by atoms with Gasteiger partial charge in [-0.3, -0.25) is 0 Å². The second-order valence-corrected chi connectivity index (χ2v) is 4.35. The second-order valence-electron chi connectivity index (χ2n) is 4.35. The Bertz CT molecular complexity index is 654. The maximum atomic E-state index is 13.0. The molecule has 0 saturated heterocycles. The van der Waals surface area contributed by atoms with Crippen LogP contribution >= 0.6 is 0 Å². The highest BCUT2D eigenvalue weighted by atomic mass is 19.1. The lowest BCUT2D eigenvalue weighted by atomic mass is 10.2. The van der Waals surface area contributed by atoms with E-state index in [1.54, 1.807) is 6.07 Å². The lowest BCUT2D eigenvalue weighted by Crippen LogP contribution is -2.06. The minimum atomic E-state index is -0.730. The van der Waals surface area contributed by atoms with E-state index in [9.17, 15) is 13.6 Å². The number of ether oxygens (including phenoxy) is 2. The molecule has 0 aromatic heterocycles. The predicted octanol–water partition coefficient (Wildman–Crippen LogP) is 2.91. The molecular formula is C15H13F2NO3. The molecule has 2 aromatic rings. The normalized spacial score (nSPS) is 10.2. The summed E-state index contributed by atoms with van der Waals surface area (Å²) < 4.78 is 36.0. The average molecular weight is 293 g/mol. The van der Waals surface area contributed by atoms with Crippen LogP contribution in [0.15, 0.2) is 36.4 Å². The van der Waals surface area contributed by atoms with E-state index in [1.807, 2.05) is 0 Å². The number of anilines is 1. The average Bonchev–Trinajstić information content (AvgIpc) is 2.43. The Balaban J connectivity index is 2.09. The molecule has 0 spiro atoms. The van der Waals surface area contributed by atoms with E-state index in [1.165, 1.54) is 19.2 Å². The smallest absolute Gasteiger partial charge is 0.338 e. The van der Waals surface area contributed by atoms with E-state index in [0.717, 1.165) is 18.2 Å². The number of benzene rings is 2. The van der Waals surface area contributed by atoms with Gasteiger partial charge in [-0.2, -0.15) is 0 Å². The lowest BCUT2D eigenvalue weighted by Gasteiger charge is -2.08. The zero-order valence-electron chi connectivity index (χ0n) is 11.2. The molecule has 0 fully saturated rings. The van der Waals surface area contributed by atoms with Crippen molar-refractivity contribution in [2.45, 2.75) is 6.61 Å². The molecule has 0 aliphatic rings. The monoisotopic (exact) mass is 293 g/mol. The Morgan fingerprint density at radius 2 is 1.76 bits per heavy atom. The van der Waals surface area contributed by atoms with Crippen molar-refractivity contribution in [3.8, 4) is 5.75 Å². The van der Waals surface area contributed by atoms with Gasteiger partial charge in [-0.15, -0.1) is 0 Å². The highest BCUT2D eigenvalue weighted by Crippen LogP contribution is 2.19. The SMILES string of the molecule is COc1cc(N)cc(C(=O)OCc2cc(F)cc(F)c2)c1. The summed E-state index contributed by atoms with van der Waals surface area (Å²) in [7, 11) is 1.44. The van der Waals surface area contributed by atoms with Gasteiger partial charge in [0.15, 0.2) is 0 Å². The maximum Gasteiger partial charge on any atom is 0.338 e. The van der Waals surface area contributed by atoms with Crippen LogP contribution in [0.1, 0.15) is 15.9 Å². The van der Waals surface area contributed by atoms with Gasteiger partial charge in [0.2, 0.25) is 0 Å². The molecule has 4 nitrogen and oxygen atoms in total. The number of nitrogen functional groups attached to an aromatic ring is 1. The fourth-order valence-corrected chi connectivity index (χ4v) is 1.78. The van der Waals surface area contributed by atoms with Crippen LogP contribution in [0.4, 0.5) is 14.5 Å². The van der Waals surface area contributed by atoms with Gasteiger partial charge < -0.3 is 15.2 Å². The van der Waals surface area contributed by atoms with Crippen molar-refractivity contribution < 1.29 is 23.0 Å². The summed E-state index contributed by atoms with van der Waals surface area (Å²) >= 11 is 0. The summed E-state index contributed by atoms with van der Waals surface area (Å²) in [5, 5.41) is 0. The topological polar surface area (TPSA) is 61.5 Å². The number of esters is 1. The first-order valence-corrected chi connectivity index (χ1v) is 6.04.